The number of nitrogen functional groups attached to an aromatic ring is 1. The van der Waals surface area contributed by atoms with Crippen molar-refractivity contribution in [3.63, 3.8) is 0 Å². The van der Waals surface area contributed by atoms with Crippen LogP contribution in [0.4, 0.5) is 21.7 Å². The van der Waals surface area contributed by atoms with Crippen molar-refractivity contribution in [1.29, 1.82) is 0 Å². The minimum absolute atomic E-state index is 0.279. The monoisotopic (exact) mass is 204 g/mol. The average Bonchev–Trinajstić information content (AvgIpc) is 2.22. The molecule has 0 atom stereocenters. The predicted molar refractivity (Wildman–Crippen MR) is 56.1 cm³/mol. The SMILES string of the molecule is Nc1cncc(Nc2ccc(F)cc2)n1. The van der Waals surface area contributed by atoms with Gasteiger partial charge in [0, 0.05) is 5.69 Å². The summed E-state index contributed by atoms with van der Waals surface area (Å²) in [4.78, 5) is 7.88. The molecule has 2 rings (SSSR count). The molecule has 0 aliphatic carbocycles. The smallest absolute Gasteiger partial charge is 0.151 e. The lowest BCUT2D eigenvalue weighted by Gasteiger charge is -2.04. The molecule has 0 spiro atoms. The van der Waals surface area contributed by atoms with Crippen molar-refractivity contribution < 1.29 is 4.39 Å². The number of anilines is 3. The summed E-state index contributed by atoms with van der Waals surface area (Å²) >= 11 is 0. The molecule has 76 valence electrons. The second kappa shape index (κ2) is 3.91. The highest BCUT2D eigenvalue weighted by atomic mass is 19.1. The Morgan fingerprint density at radius 1 is 1.13 bits per heavy atom. The molecule has 0 aliphatic rings. The summed E-state index contributed by atoms with van der Waals surface area (Å²) in [6.45, 7) is 0. The maximum atomic E-state index is 12.6. The third-order valence-electron chi connectivity index (χ3n) is 1.77. The summed E-state index contributed by atoms with van der Waals surface area (Å²) in [6, 6.07) is 5.95. The summed E-state index contributed by atoms with van der Waals surface area (Å²) in [5, 5.41) is 2.95. The van der Waals surface area contributed by atoms with Crippen LogP contribution in [0.2, 0.25) is 0 Å². The molecule has 1 aromatic heterocycles. The van der Waals surface area contributed by atoms with Gasteiger partial charge in [-0.25, -0.2) is 9.37 Å². The quantitative estimate of drug-likeness (QED) is 0.784. The van der Waals surface area contributed by atoms with Gasteiger partial charge in [0.1, 0.15) is 11.6 Å². The number of nitrogens with one attached hydrogen (secondary N) is 1. The molecule has 4 nitrogen and oxygen atoms in total. The summed E-state index contributed by atoms with van der Waals surface area (Å²) in [5.74, 6) is 0.586. The lowest BCUT2D eigenvalue weighted by molar-refractivity contribution is 0.628. The van der Waals surface area contributed by atoms with E-state index in [0.29, 0.717) is 11.6 Å². The fraction of sp³-hybridized carbons (Fsp3) is 0. The van der Waals surface area contributed by atoms with E-state index in [2.05, 4.69) is 15.3 Å². The van der Waals surface area contributed by atoms with Gasteiger partial charge in [0.2, 0.25) is 0 Å². The maximum Gasteiger partial charge on any atom is 0.151 e. The van der Waals surface area contributed by atoms with Crippen LogP contribution < -0.4 is 11.1 Å². The van der Waals surface area contributed by atoms with Gasteiger partial charge < -0.3 is 11.1 Å². The van der Waals surface area contributed by atoms with Crippen molar-refractivity contribution in [2.75, 3.05) is 11.1 Å². The Morgan fingerprint density at radius 3 is 2.53 bits per heavy atom. The average molecular weight is 204 g/mol. The largest absolute Gasteiger partial charge is 0.382 e. The number of nitrogens with zero attached hydrogens (tertiary/aromatic N) is 2. The van der Waals surface area contributed by atoms with E-state index in [9.17, 15) is 4.39 Å². The molecule has 2 aromatic rings. The van der Waals surface area contributed by atoms with E-state index in [1.807, 2.05) is 0 Å². The number of hydrogen-bond acceptors (Lipinski definition) is 4. The van der Waals surface area contributed by atoms with Crippen molar-refractivity contribution in [2.45, 2.75) is 0 Å². The molecule has 1 aromatic carbocycles. The first-order valence-electron chi connectivity index (χ1n) is 4.34. The van der Waals surface area contributed by atoms with Crippen LogP contribution in [0.25, 0.3) is 0 Å². The zero-order valence-electron chi connectivity index (χ0n) is 7.81. The second-order valence-electron chi connectivity index (χ2n) is 2.96. The number of hydrogen-bond donors (Lipinski definition) is 2. The van der Waals surface area contributed by atoms with Gasteiger partial charge in [-0.2, -0.15) is 0 Å². The molecule has 0 amide bonds. The fourth-order valence-electron chi connectivity index (χ4n) is 1.12. The van der Waals surface area contributed by atoms with Crippen LogP contribution in [0.5, 0.6) is 0 Å². The van der Waals surface area contributed by atoms with E-state index < -0.39 is 0 Å². The Bertz CT molecular complexity index is 455. The zero-order valence-corrected chi connectivity index (χ0v) is 7.81. The van der Waals surface area contributed by atoms with Crippen molar-refractivity contribution in [3.05, 3.63) is 42.5 Å². The van der Waals surface area contributed by atoms with Crippen molar-refractivity contribution >= 4 is 17.3 Å². The van der Waals surface area contributed by atoms with Gasteiger partial charge in [0.15, 0.2) is 5.82 Å². The Kier molecular flexibility index (Phi) is 2.45. The van der Waals surface area contributed by atoms with Gasteiger partial charge in [-0.15, -0.1) is 0 Å². The van der Waals surface area contributed by atoms with Crippen LogP contribution in [0, 0.1) is 5.82 Å². The molecular formula is C10H9FN4. The predicted octanol–water partition coefficient (Wildman–Crippen LogP) is 1.94. The molecule has 0 bridgehead atoms. The van der Waals surface area contributed by atoms with Crippen LogP contribution in [-0.4, -0.2) is 9.97 Å². The fourth-order valence-corrected chi connectivity index (χ4v) is 1.12. The van der Waals surface area contributed by atoms with Crippen LogP contribution in [0.15, 0.2) is 36.7 Å². The molecule has 3 N–H and O–H groups in total. The van der Waals surface area contributed by atoms with Crippen molar-refractivity contribution in [2.24, 2.45) is 0 Å². The molecule has 15 heavy (non-hydrogen) atoms. The number of nitrogens with two attached hydrogens (primary N) is 1. The Hall–Kier alpha value is -2.17. The highest BCUT2D eigenvalue weighted by Crippen LogP contribution is 2.14. The molecule has 0 saturated carbocycles. The van der Waals surface area contributed by atoms with Crippen LogP contribution in [-0.2, 0) is 0 Å². The zero-order chi connectivity index (χ0) is 10.7. The van der Waals surface area contributed by atoms with Crippen LogP contribution >= 0.6 is 0 Å². The molecule has 5 heteroatoms. The third-order valence-corrected chi connectivity index (χ3v) is 1.77. The van der Waals surface area contributed by atoms with Gasteiger partial charge in [-0.05, 0) is 24.3 Å². The Balaban J connectivity index is 2.18. The molecule has 1 heterocycles. The number of rotatable bonds is 2. The first kappa shape index (κ1) is 9.39. The summed E-state index contributed by atoms with van der Waals surface area (Å²) < 4.78 is 12.6. The molecular weight excluding hydrogens is 195 g/mol. The second-order valence-corrected chi connectivity index (χ2v) is 2.96. The van der Waals surface area contributed by atoms with Crippen LogP contribution in [0.3, 0.4) is 0 Å². The minimum Gasteiger partial charge on any atom is -0.382 e. The number of benzene rings is 1. The maximum absolute atomic E-state index is 12.6. The van der Waals surface area contributed by atoms with E-state index in [4.69, 9.17) is 5.73 Å². The van der Waals surface area contributed by atoms with E-state index in [1.165, 1.54) is 18.3 Å². The minimum atomic E-state index is -0.279. The molecule has 0 fully saturated rings. The van der Waals surface area contributed by atoms with E-state index in [1.54, 1.807) is 18.3 Å². The van der Waals surface area contributed by atoms with E-state index >= 15 is 0 Å². The van der Waals surface area contributed by atoms with Gasteiger partial charge >= 0.3 is 0 Å². The summed E-state index contributed by atoms with van der Waals surface area (Å²) in [6.07, 6.45) is 3.00. The van der Waals surface area contributed by atoms with Crippen molar-refractivity contribution in [1.82, 2.24) is 9.97 Å². The third kappa shape index (κ3) is 2.40. The first-order valence-corrected chi connectivity index (χ1v) is 4.34. The lowest BCUT2D eigenvalue weighted by Crippen LogP contribution is -1.97. The summed E-state index contributed by atoms with van der Waals surface area (Å²) in [7, 11) is 0. The standard InChI is InChI=1S/C10H9FN4/c11-7-1-3-8(4-2-7)14-10-6-13-5-9(12)15-10/h1-6H,(H3,12,14,15). The van der Waals surface area contributed by atoms with Crippen LogP contribution in [0.1, 0.15) is 0 Å². The normalized spacial score (nSPS) is 9.93. The van der Waals surface area contributed by atoms with Gasteiger partial charge in [0.05, 0.1) is 12.4 Å². The Labute approximate surface area is 86.0 Å². The van der Waals surface area contributed by atoms with Gasteiger partial charge in [0.25, 0.3) is 0 Å². The van der Waals surface area contributed by atoms with E-state index in [0.717, 1.165) is 5.69 Å². The molecule has 0 unspecified atom stereocenters. The topological polar surface area (TPSA) is 63.8 Å². The number of halogens is 1. The molecule has 0 saturated heterocycles. The van der Waals surface area contributed by atoms with Crippen molar-refractivity contribution in [3.8, 4) is 0 Å². The number of aromatic nitrogens is 2. The van der Waals surface area contributed by atoms with Gasteiger partial charge in [-0.1, -0.05) is 0 Å². The van der Waals surface area contributed by atoms with Gasteiger partial charge in [-0.3, -0.25) is 4.98 Å². The summed E-state index contributed by atoms with van der Waals surface area (Å²) in [5.41, 5.74) is 6.20. The lowest BCUT2D eigenvalue weighted by atomic mass is 10.3. The highest BCUT2D eigenvalue weighted by molar-refractivity contribution is 5.56. The Morgan fingerprint density at radius 2 is 1.87 bits per heavy atom. The highest BCUT2D eigenvalue weighted by Gasteiger charge is 1.97. The first-order chi connectivity index (χ1) is 7.24. The molecule has 0 radical (unpaired) electrons. The molecule has 0 aliphatic heterocycles. The van der Waals surface area contributed by atoms with E-state index in [-0.39, 0.29) is 5.82 Å².